The standard InChI is InChI=1S/C14H17BrN4/c1-4-5-11-17-13(19-14(16)18-11)10-6-8(2)12(15)9(3)7-10/h6-7H,4-5H2,1-3H3,(H2,16,17,18,19). The average molecular weight is 321 g/mol. The molecule has 2 N–H and O–H groups in total. The van der Waals surface area contributed by atoms with E-state index in [4.69, 9.17) is 5.73 Å². The Morgan fingerprint density at radius 2 is 1.74 bits per heavy atom. The maximum Gasteiger partial charge on any atom is 0.223 e. The molecular weight excluding hydrogens is 304 g/mol. The van der Waals surface area contributed by atoms with E-state index >= 15 is 0 Å². The van der Waals surface area contributed by atoms with Crippen molar-refractivity contribution in [2.24, 2.45) is 0 Å². The van der Waals surface area contributed by atoms with Crippen molar-refractivity contribution in [3.05, 3.63) is 33.6 Å². The van der Waals surface area contributed by atoms with Crippen LogP contribution in [-0.4, -0.2) is 15.0 Å². The summed E-state index contributed by atoms with van der Waals surface area (Å²) in [6, 6.07) is 4.11. The Morgan fingerprint density at radius 1 is 1.11 bits per heavy atom. The summed E-state index contributed by atoms with van der Waals surface area (Å²) < 4.78 is 1.12. The van der Waals surface area contributed by atoms with Crippen LogP contribution in [0.15, 0.2) is 16.6 Å². The van der Waals surface area contributed by atoms with Gasteiger partial charge in [0.15, 0.2) is 5.82 Å². The number of aryl methyl sites for hydroxylation is 3. The normalized spacial score (nSPS) is 10.7. The molecular formula is C14H17BrN4. The summed E-state index contributed by atoms with van der Waals surface area (Å²) in [7, 11) is 0. The fourth-order valence-electron chi connectivity index (χ4n) is 1.98. The molecule has 0 saturated carbocycles. The monoisotopic (exact) mass is 320 g/mol. The Morgan fingerprint density at radius 3 is 2.32 bits per heavy atom. The molecule has 2 aromatic rings. The Labute approximate surface area is 121 Å². The first kappa shape index (κ1) is 13.9. The van der Waals surface area contributed by atoms with Gasteiger partial charge in [0.25, 0.3) is 0 Å². The summed E-state index contributed by atoms with van der Waals surface area (Å²) in [4.78, 5) is 12.9. The lowest BCUT2D eigenvalue weighted by atomic mass is 10.1. The fraction of sp³-hybridized carbons (Fsp3) is 0.357. The van der Waals surface area contributed by atoms with Crippen LogP contribution < -0.4 is 5.73 Å². The molecule has 0 radical (unpaired) electrons. The van der Waals surface area contributed by atoms with Crippen molar-refractivity contribution in [2.75, 3.05) is 5.73 Å². The molecule has 0 aliphatic carbocycles. The highest BCUT2D eigenvalue weighted by atomic mass is 79.9. The Bertz CT molecular complexity index is 587. The van der Waals surface area contributed by atoms with E-state index in [1.54, 1.807) is 0 Å². The maximum atomic E-state index is 5.76. The van der Waals surface area contributed by atoms with Gasteiger partial charge in [-0.1, -0.05) is 22.9 Å². The number of aromatic nitrogens is 3. The van der Waals surface area contributed by atoms with Gasteiger partial charge in [0, 0.05) is 16.5 Å². The molecule has 1 heterocycles. The quantitative estimate of drug-likeness (QED) is 0.940. The molecule has 0 bridgehead atoms. The summed E-state index contributed by atoms with van der Waals surface area (Å²) >= 11 is 3.56. The van der Waals surface area contributed by atoms with E-state index in [1.165, 1.54) is 0 Å². The highest BCUT2D eigenvalue weighted by Crippen LogP contribution is 2.27. The second-order valence-electron chi connectivity index (χ2n) is 4.61. The van der Waals surface area contributed by atoms with Gasteiger partial charge < -0.3 is 5.73 Å². The Balaban J connectivity index is 2.52. The molecule has 0 atom stereocenters. The molecule has 1 aromatic carbocycles. The zero-order valence-corrected chi connectivity index (χ0v) is 13.0. The molecule has 0 fully saturated rings. The lowest BCUT2D eigenvalue weighted by Gasteiger charge is -2.08. The minimum atomic E-state index is 0.284. The van der Waals surface area contributed by atoms with Gasteiger partial charge in [-0.25, -0.2) is 4.98 Å². The molecule has 4 nitrogen and oxygen atoms in total. The number of hydrogen-bond donors (Lipinski definition) is 1. The van der Waals surface area contributed by atoms with Crippen LogP contribution in [0.25, 0.3) is 11.4 Å². The van der Waals surface area contributed by atoms with Crippen LogP contribution in [0.1, 0.15) is 30.3 Å². The third-order valence-electron chi connectivity index (χ3n) is 2.87. The number of hydrogen-bond acceptors (Lipinski definition) is 4. The summed E-state index contributed by atoms with van der Waals surface area (Å²) in [5.74, 6) is 1.68. The highest BCUT2D eigenvalue weighted by Gasteiger charge is 2.09. The molecule has 0 spiro atoms. The van der Waals surface area contributed by atoms with Crippen LogP contribution in [-0.2, 0) is 6.42 Å². The van der Waals surface area contributed by atoms with Crippen molar-refractivity contribution in [2.45, 2.75) is 33.6 Å². The van der Waals surface area contributed by atoms with Crippen molar-refractivity contribution in [1.82, 2.24) is 15.0 Å². The van der Waals surface area contributed by atoms with Crippen molar-refractivity contribution < 1.29 is 0 Å². The number of nitrogens with two attached hydrogens (primary N) is 1. The SMILES string of the molecule is CCCc1nc(N)nc(-c2cc(C)c(Br)c(C)c2)n1. The Hall–Kier alpha value is -1.49. The molecule has 1 aromatic heterocycles. The molecule has 0 amide bonds. The van der Waals surface area contributed by atoms with Crippen LogP contribution in [0.3, 0.4) is 0 Å². The number of halogens is 1. The molecule has 0 aliphatic rings. The first-order chi connectivity index (χ1) is 9.01. The summed E-state index contributed by atoms with van der Waals surface area (Å²) in [6.45, 7) is 6.20. The third-order valence-corrected chi connectivity index (χ3v) is 4.12. The highest BCUT2D eigenvalue weighted by molar-refractivity contribution is 9.10. The van der Waals surface area contributed by atoms with Gasteiger partial charge >= 0.3 is 0 Å². The molecule has 2 rings (SSSR count). The van der Waals surface area contributed by atoms with Gasteiger partial charge in [-0.05, 0) is 43.5 Å². The predicted molar refractivity (Wildman–Crippen MR) is 80.8 cm³/mol. The van der Waals surface area contributed by atoms with E-state index < -0.39 is 0 Å². The van der Waals surface area contributed by atoms with Crippen LogP contribution in [0.2, 0.25) is 0 Å². The van der Waals surface area contributed by atoms with Gasteiger partial charge in [-0.3, -0.25) is 0 Å². The third kappa shape index (κ3) is 3.10. The lowest BCUT2D eigenvalue weighted by Crippen LogP contribution is -2.05. The summed E-state index contributed by atoms with van der Waals surface area (Å²) in [5, 5.41) is 0. The number of nitrogens with zero attached hydrogens (tertiary/aromatic N) is 3. The van der Waals surface area contributed by atoms with Gasteiger partial charge in [-0.15, -0.1) is 0 Å². The lowest BCUT2D eigenvalue weighted by molar-refractivity contribution is 0.824. The van der Waals surface area contributed by atoms with Gasteiger partial charge in [0.2, 0.25) is 5.95 Å². The molecule has 0 unspecified atom stereocenters. The van der Waals surface area contributed by atoms with E-state index in [0.717, 1.165) is 39.8 Å². The second-order valence-corrected chi connectivity index (χ2v) is 5.40. The molecule has 100 valence electrons. The largest absolute Gasteiger partial charge is 0.368 e. The van der Waals surface area contributed by atoms with Crippen molar-refractivity contribution in [3.8, 4) is 11.4 Å². The van der Waals surface area contributed by atoms with Gasteiger partial charge in [0.05, 0.1) is 0 Å². The van der Waals surface area contributed by atoms with E-state index in [0.29, 0.717) is 5.82 Å². The van der Waals surface area contributed by atoms with Crippen LogP contribution in [0.5, 0.6) is 0 Å². The number of anilines is 1. The molecule has 0 aliphatic heterocycles. The van der Waals surface area contributed by atoms with E-state index in [9.17, 15) is 0 Å². The van der Waals surface area contributed by atoms with Crippen LogP contribution in [0, 0.1) is 13.8 Å². The predicted octanol–water partition coefficient (Wildman–Crippen LogP) is 3.45. The summed E-state index contributed by atoms with van der Waals surface area (Å²) in [6.07, 6.45) is 1.80. The van der Waals surface area contributed by atoms with Crippen molar-refractivity contribution >= 4 is 21.9 Å². The average Bonchev–Trinajstić information content (AvgIpc) is 2.35. The van der Waals surface area contributed by atoms with E-state index in [-0.39, 0.29) is 5.95 Å². The zero-order valence-electron chi connectivity index (χ0n) is 11.4. The minimum Gasteiger partial charge on any atom is -0.368 e. The topological polar surface area (TPSA) is 64.7 Å². The number of benzene rings is 1. The molecule has 19 heavy (non-hydrogen) atoms. The zero-order chi connectivity index (χ0) is 14.0. The second kappa shape index (κ2) is 5.65. The Kier molecular flexibility index (Phi) is 4.14. The molecule has 5 heteroatoms. The maximum absolute atomic E-state index is 5.76. The van der Waals surface area contributed by atoms with Crippen LogP contribution >= 0.6 is 15.9 Å². The van der Waals surface area contributed by atoms with Gasteiger partial charge in [-0.2, -0.15) is 9.97 Å². The first-order valence-electron chi connectivity index (χ1n) is 6.28. The van der Waals surface area contributed by atoms with Crippen molar-refractivity contribution in [1.29, 1.82) is 0 Å². The number of nitrogen functional groups attached to an aromatic ring is 1. The fourth-order valence-corrected chi connectivity index (χ4v) is 2.21. The minimum absolute atomic E-state index is 0.284. The van der Waals surface area contributed by atoms with Gasteiger partial charge in [0.1, 0.15) is 5.82 Å². The smallest absolute Gasteiger partial charge is 0.223 e. The van der Waals surface area contributed by atoms with Crippen LogP contribution in [0.4, 0.5) is 5.95 Å². The summed E-state index contributed by atoms with van der Waals surface area (Å²) in [5.41, 5.74) is 9.05. The van der Waals surface area contributed by atoms with Crippen molar-refractivity contribution in [3.63, 3.8) is 0 Å². The molecule has 0 saturated heterocycles. The van der Waals surface area contributed by atoms with E-state index in [1.807, 2.05) is 0 Å². The number of rotatable bonds is 3. The van der Waals surface area contributed by atoms with E-state index in [2.05, 4.69) is 63.8 Å². The first-order valence-corrected chi connectivity index (χ1v) is 7.08.